The largest absolute Gasteiger partial charge is 0.486 e. The Morgan fingerprint density at radius 3 is 2.51 bits per heavy atom. The van der Waals surface area contributed by atoms with Crippen LogP contribution in [0.3, 0.4) is 0 Å². The van der Waals surface area contributed by atoms with Crippen molar-refractivity contribution in [1.82, 2.24) is 19.6 Å². The Balaban J connectivity index is 1.16. The molecule has 1 amide bonds. The van der Waals surface area contributed by atoms with Crippen LogP contribution in [0.4, 0.5) is 5.82 Å². The maximum atomic E-state index is 13.4. The third kappa shape index (κ3) is 6.03. The molecule has 4 aromatic rings. The van der Waals surface area contributed by atoms with Gasteiger partial charge in [-0.25, -0.2) is 4.98 Å². The molecule has 0 bridgehead atoms. The van der Waals surface area contributed by atoms with Gasteiger partial charge in [-0.15, -0.1) is 0 Å². The molecule has 41 heavy (non-hydrogen) atoms. The molecule has 2 aromatic carbocycles. The first-order valence-corrected chi connectivity index (χ1v) is 14.8. The average Bonchev–Trinajstić information content (AvgIpc) is 3.39. The Labute approximate surface area is 241 Å². The van der Waals surface area contributed by atoms with Gasteiger partial charge in [-0.1, -0.05) is 43.3 Å². The molecule has 6 rings (SSSR count). The van der Waals surface area contributed by atoms with Gasteiger partial charge in [0.2, 0.25) is 0 Å². The fourth-order valence-electron chi connectivity index (χ4n) is 5.88. The molecule has 0 radical (unpaired) electrons. The van der Waals surface area contributed by atoms with Crippen LogP contribution in [-0.4, -0.2) is 59.1 Å². The van der Waals surface area contributed by atoms with E-state index in [9.17, 15) is 4.79 Å². The zero-order valence-electron chi connectivity index (χ0n) is 24.0. The molecular weight excluding hydrogens is 514 g/mol. The van der Waals surface area contributed by atoms with E-state index in [1.54, 1.807) is 0 Å². The highest BCUT2D eigenvalue weighted by Gasteiger charge is 2.23. The van der Waals surface area contributed by atoms with Crippen LogP contribution in [0.25, 0.3) is 5.65 Å². The summed E-state index contributed by atoms with van der Waals surface area (Å²) in [5, 5.41) is 3.30. The summed E-state index contributed by atoms with van der Waals surface area (Å²) in [7, 11) is 0. The van der Waals surface area contributed by atoms with Crippen molar-refractivity contribution in [1.29, 1.82) is 0 Å². The number of nitrogens with zero attached hydrogens (tertiary/aromatic N) is 4. The van der Waals surface area contributed by atoms with Crippen molar-refractivity contribution >= 4 is 17.4 Å². The summed E-state index contributed by atoms with van der Waals surface area (Å²) in [6, 6.07) is 20.8. The van der Waals surface area contributed by atoms with E-state index in [1.807, 2.05) is 24.4 Å². The minimum Gasteiger partial charge on any atom is -0.486 e. The number of hydrogen-bond acceptors (Lipinski definition) is 6. The predicted molar refractivity (Wildman–Crippen MR) is 161 cm³/mol. The maximum absolute atomic E-state index is 13.4. The molecule has 8 heteroatoms. The van der Waals surface area contributed by atoms with Crippen LogP contribution in [-0.2, 0) is 19.5 Å². The lowest BCUT2D eigenvalue weighted by Crippen LogP contribution is -2.44. The Hall–Kier alpha value is -4.04. The van der Waals surface area contributed by atoms with Crippen molar-refractivity contribution in [2.75, 3.05) is 37.7 Å². The van der Waals surface area contributed by atoms with Gasteiger partial charge in [0.05, 0.1) is 11.3 Å². The second kappa shape index (κ2) is 12.2. The van der Waals surface area contributed by atoms with Gasteiger partial charge in [-0.2, -0.15) is 0 Å². The number of aryl methyl sites for hydroxylation is 1. The summed E-state index contributed by atoms with van der Waals surface area (Å²) in [6.07, 6.45) is 4.66. The fourth-order valence-corrected chi connectivity index (χ4v) is 5.88. The molecule has 0 atom stereocenters. The number of pyridine rings is 1. The van der Waals surface area contributed by atoms with Gasteiger partial charge in [0.15, 0.2) is 11.5 Å². The second-order valence-electron chi connectivity index (χ2n) is 10.9. The van der Waals surface area contributed by atoms with Crippen molar-refractivity contribution in [2.24, 2.45) is 0 Å². The Kier molecular flexibility index (Phi) is 8.09. The van der Waals surface area contributed by atoms with Crippen LogP contribution >= 0.6 is 0 Å². The summed E-state index contributed by atoms with van der Waals surface area (Å²) < 4.78 is 13.6. The number of piperidine rings is 1. The summed E-state index contributed by atoms with van der Waals surface area (Å²) in [5.74, 6) is 2.60. The molecule has 1 fully saturated rings. The topological polar surface area (TPSA) is 71.3 Å². The third-order valence-electron chi connectivity index (χ3n) is 8.09. The van der Waals surface area contributed by atoms with Crippen LogP contribution in [0, 0.1) is 0 Å². The Morgan fingerprint density at radius 2 is 1.76 bits per heavy atom. The number of ether oxygens (including phenoxy) is 2. The zero-order chi connectivity index (χ0) is 28.2. The highest BCUT2D eigenvalue weighted by molar-refractivity contribution is 5.94. The first kappa shape index (κ1) is 27.1. The first-order valence-electron chi connectivity index (χ1n) is 14.8. The normalized spacial score (nSPS) is 15.7. The van der Waals surface area contributed by atoms with E-state index in [-0.39, 0.29) is 11.9 Å². The van der Waals surface area contributed by atoms with Gasteiger partial charge in [-0.3, -0.25) is 14.1 Å². The monoisotopic (exact) mass is 553 g/mol. The maximum Gasteiger partial charge on any atom is 0.252 e. The number of anilines is 1. The zero-order valence-corrected chi connectivity index (χ0v) is 24.0. The molecule has 4 heterocycles. The van der Waals surface area contributed by atoms with E-state index >= 15 is 0 Å². The van der Waals surface area contributed by atoms with Crippen LogP contribution in [0.2, 0.25) is 0 Å². The van der Waals surface area contributed by atoms with Crippen molar-refractivity contribution in [3.8, 4) is 11.5 Å². The average molecular weight is 554 g/mol. The van der Waals surface area contributed by atoms with E-state index < -0.39 is 0 Å². The van der Waals surface area contributed by atoms with Crippen LogP contribution < -0.4 is 19.7 Å². The van der Waals surface area contributed by atoms with Gasteiger partial charge in [-0.05, 0) is 61.6 Å². The second-order valence-corrected chi connectivity index (χ2v) is 10.9. The van der Waals surface area contributed by atoms with Crippen LogP contribution in [0.15, 0.2) is 66.9 Å². The molecule has 0 unspecified atom stereocenters. The van der Waals surface area contributed by atoms with Crippen molar-refractivity contribution < 1.29 is 14.3 Å². The third-order valence-corrected chi connectivity index (χ3v) is 8.09. The first-order chi connectivity index (χ1) is 20.1. The SMILES string of the molecule is CCc1nc2ccc(C(=O)NC3CCN(Cc4ccccc4)CC3)cn2c1N(CC)Cc1ccc2c(c1)OCCO2. The number of hydrogen-bond donors (Lipinski definition) is 1. The van der Waals surface area contributed by atoms with Crippen molar-refractivity contribution in [3.63, 3.8) is 0 Å². The van der Waals surface area contributed by atoms with Crippen LogP contribution in [0.5, 0.6) is 11.5 Å². The number of aromatic nitrogens is 2. The molecule has 0 spiro atoms. The molecule has 2 aromatic heterocycles. The smallest absolute Gasteiger partial charge is 0.252 e. The van der Waals surface area contributed by atoms with E-state index in [0.717, 1.165) is 79.7 Å². The molecule has 2 aliphatic rings. The minimum absolute atomic E-state index is 0.0269. The van der Waals surface area contributed by atoms with Gasteiger partial charge in [0, 0.05) is 45.0 Å². The minimum atomic E-state index is -0.0269. The number of carbonyl (C=O) groups is 1. The number of rotatable bonds is 9. The van der Waals surface area contributed by atoms with Gasteiger partial charge in [0.25, 0.3) is 5.91 Å². The molecule has 8 nitrogen and oxygen atoms in total. The summed E-state index contributed by atoms with van der Waals surface area (Å²) in [5.41, 5.74) is 5.00. The molecule has 214 valence electrons. The quantitative estimate of drug-likeness (QED) is 0.311. The highest BCUT2D eigenvalue weighted by atomic mass is 16.6. The lowest BCUT2D eigenvalue weighted by molar-refractivity contribution is 0.0908. The standard InChI is InChI=1S/C33H39N5O3/c1-3-28-33(37(4-2)22-25-10-12-29-30(20-25)41-19-18-40-29)38-23-26(11-13-31(38)35-28)32(39)34-27-14-16-36(17-15-27)21-24-8-6-5-7-9-24/h5-13,20,23,27H,3-4,14-19,21-22H2,1-2H3,(H,34,39). The van der Waals surface area contributed by atoms with Crippen LogP contribution in [0.1, 0.15) is 53.9 Å². The lowest BCUT2D eigenvalue weighted by atomic mass is 10.0. The van der Waals surface area contributed by atoms with Crippen molar-refractivity contribution in [3.05, 3.63) is 89.2 Å². The Morgan fingerprint density at radius 1 is 0.976 bits per heavy atom. The van der Waals surface area contributed by atoms with E-state index in [1.165, 1.54) is 5.56 Å². The molecular formula is C33H39N5O3. The van der Waals surface area contributed by atoms with Crippen molar-refractivity contribution in [2.45, 2.75) is 52.2 Å². The number of likely N-dealkylation sites (tertiary alicyclic amines) is 1. The van der Waals surface area contributed by atoms with E-state index in [0.29, 0.717) is 25.3 Å². The molecule has 2 aliphatic heterocycles. The summed E-state index contributed by atoms with van der Waals surface area (Å²) in [4.78, 5) is 23.1. The molecule has 1 saturated heterocycles. The number of benzene rings is 2. The number of amides is 1. The van der Waals surface area contributed by atoms with E-state index in [2.05, 4.69) is 75.8 Å². The van der Waals surface area contributed by atoms with E-state index in [4.69, 9.17) is 14.5 Å². The van der Waals surface area contributed by atoms with Gasteiger partial charge in [0.1, 0.15) is 24.7 Å². The molecule has 0 aliphatic carbocycles. The summed E-state index contributed by atoms with van der Waals surface area (Å²) in [6.45, 7) is 9.85. The Bertz CT molecular complexity index is 1490. The number of imidazole rings is 1. The number of carbonyl (C=O) groups excluding carboxylic acids is 1. The predicted octanol–water partition coefficient (Wildman–Crippen LogP) is 5.09. The highest BCUT2D eigenvalue weighted by Crippen LogP contribution is 2.32. The van der Waals surface area contributed by atoms with Gasteiger partial charge < -0.3 is 19.7 Å². The lowest BCUT2D eigenvalue weighted by Gasteiger charge is -2.32. The fraction of sp³-hybridized carbons (Fsp3) is 0.394. The number of nitrogens with one attached hydrogen (secondary N) is 1. The molecule has 0 saturated carbocycles. The summed E-state index contributed by atoms with van der Waals surface area (Å²) >= 11 is 0. The molecule has 1 N–H and O–H groups in total. The number of fused-ring (bicyclic) bond motifs is 2. The van der Waals surface area contributed by atoms with Gasteiger partial charge >= 0.3 is 0 Å².